The summed E-state index contributed by atoms with van der Waals surface area (Å²) in [5.74, 6) is 0.708. The summed E-state index contributed by atoms with van der Waals surface area (Å²) in [6, 6.07) is 10.4. The van der Waals surface area contributed by atoms with Crippen molar-refractivity contribution in [3.8, 4) is 23.3 Å². The van der Waals surface area contributed by atoms with Crippen LogP contribution in [-0.2, 0) is 0 Å². The summed E-state index contributed by atoms with van der Waals surface area (Å²) in [6.07, 6.45) is 0. The van der Waals surface area contributed by atoms with Crippen LogP contribution in [0, 0.1) is 17.1 Å². The van der Waals surface area contributed by atoms with E-state index in [0.717, 1.165) is 10.0 Å². The minimum atomic E-state index is -0.629. The highest BCUT2D eigenvalue weighted by Crippen LogP contribution is 2.45. The lowest BCUT2D eigenvalue weighted by atomic mass is 9.99. The Bertz CT molecular complexity index is 755. The third-order valence-electron chi connectivity index (χ3n) is 3.34. The van der Waals surface area contributed by atoms with Crippen LogP contribution in [0.25, 0.3) is 0 Å². The van der Waals surface area contributed by atoms with Crippen molar-refractivity contribution < 1.29 is 13.9 Å². The maximum absolute atomic E-state index is 14.0. The molecule has 1 atom stereocenters. The van der Waals surface area contributed by atoms with E-state index in [1.807, 2.05) is 25.1 Å². The molecule has 2 aromatic rings. The molecule has 1 unspecified atom stereocenters. The number of hydrogen-bond acceptors (Lipinski definition) is 3. The topological polar surface area (TPSA) is 42.2 Å². The SMILES string of the molecule is CC1COc2c(C#N)c(F)cc(Oc3cccc(Br)c3)c21. The quantitative estimate of drug-likeness (QED) is 0.787. The maximum atomic E-state index is 14.0. The van der Waals surface area contributed by atoms with Crippen molar-refractivity contribution >= 4 is 15.9 Å². The summed E-state index contributed by atoms with van der Waals surface area (Å²) in [7, 11) is 0. The largest absolute Gasteiger partial charge is 0.491 e. The minimum absolute atomic E-state index is 0.0508. The van der Waals surface area contributed by atoms with Crippen LogP contribution in [0.1, 0.15) is 24.0 Å². The van der Waals surface area contributed by atoms with E-state index in [4.69, 9.17) is 14.7 Å². The summed E-state index contributed by atoms with van der Waals surface area (Å²) < 4.78 is 26.2. The number of hydrogen-bond donors (Lipinski definition) is 0. The highest BCUT2D eigenvalue weighted by atomic mass is 79.9. The van der Waals surface area contributed by atoms with Crippen molar-refractivity contribution in [2.75, 3.05) is 6.61 Å². The molecule has 0 amide bonds. The third kappa shape index (κ3) is 2.47. The van der Waals surface area contributed by atoms with Gasteiger partial charge in [-0.05, 0) is 18.2 Å². The molecule has 1 aliphatic rings. The van der Waals surface area contributed by atoms with Crippen LogP contribution in [0.5, 0.6) is 17.2 Å². The lowest BCUT2D eigenvalue weighted by Gasteiger charge is -2.13. The van der Waals surface area contributed by atoms with Crippen LogP contribution in [-0.4, -0.2) is 6.61 Å². The van der Waals surface area contributed by atoms with Gasteiger partial charge >= 0.3 is 0 Å². The van der Waals surface area contributed by atoms with Gasteiger partial charge in [0, 0.05) is 22.0 Å². The van der Waals surface area contributed by atoms with Gasteiger partial charge in [0.1, 0.15) is 34.7 Å². The molecular weight excluding hydrogens is 337 g/mol. The first-order chi connectivity index (χ1) is 10.1. The molecule has 2 aromatic carbocycles. The summed E-state index contributed by atoms with van der Waals surface area (Å²) in [5, 5.41) is 9.07. The van der Waals surface area contributed by atoms with Crippen molar-refractivity contribution in [2.24, 2.45) is 0 Å². The fourth-order valence-corrected chi connectivity index (χ4v) is 2.75. The zero-order valence-corrected chi connectivity index (χ0v) is 12.8. The zero-order valence-electron chi connectivity index (χ0n) is 11.2. The van der Waals surface area contributed by atoms with E-state index in [1.54, 1.807) is 12.1 Å². The number of rotatable bonds is 2. The van der Waals surface area contributed by atoms with Gasteiger partial charge in [0.15, 0.2) is 0 Å². The predicted molar refractivity (Wildman–Crippen MR) is 79.2 cm³/mol. The van der Waals surface area contributed by atoms with Crippen LogP contribution >= 0.6 is 15.9 Å². The molecule has 0 saturated carbocycles. The molecule has 0 aliphatic carbocycles. The van der Waals surface area contributed by atoms with E-state index >= 15 is 0 Å². The highest BCUT2D eigenvalue weighted by molar-refractivity contribution is 9.10. The van der Waals surface area contributed by atoms with Crippen LogP contribution in [0.3, 0.4) is 0 Å². The summed E-state index contributed by atoms with van der Waals surface area (Å²) in [5.41, 5.74) is 0.684. The van der Waals surface area contributed by atoms with Crippen LogP contribution < -0.4 is 9.47 Å². The Kier molecular flexibility index (Phi) is 3.56. The van der Waals surface area contributed by atoms with E-state index in [0.29, 0.717) is 23.9 Å². The fourth-order valence-electron chi connectivity index (χ4n) is 2.37. The molecule has 5 heteroatoms. The Morgan fingerprint density at radius 2 is 2.24 bits per heavy atom. The molecule has 106 valence electrons. The second kappa shape index (κ2) is 5.38. The molecule has 0 spiro atoms. The van der Waals surface area contributed by atoms with Gasteiger partial charge in [-0.1, -0.05) is 28.9 Å². The molecule has 1 heterocycles. The Morgan fingerprint density at radius 3 is 2.95 bits per heavy atom. The molecular formula is C16H11BrFNO2. The first-order valence-corrected chi connectivity index (χ1v) is 7.22. The Labute approximate surface area is 130 Å². The van der Waals surface area contributed by atoms with E-state index < -0.39 is 5.82 Å². The first kappa shape index (κ1) is 13.9. The van der Waals surface area contributed by atoms with Crippen LogP contribution in [0.4, 0.5) is 4.39 Å². The van der Waals surface area contributed by atoms with Gasteiger partial charge in [-0.25, -0.2) is 4.39 Å². The summed E-state index contributed by atoms with van der Waals surface area (Å²) in [6.45, 7) is 2.38. The molecule has 1 aliphatic heterocycles. The molecule has 0 aromatic heterocycles. The molecule has 21 heavy (non-hydrogen) atoms. The average molecular weight is 348 g/mol. The molecule has 0 fully saturated rings. The van der Waals surface area contributed by atoms with E-state index in [2.05, 4.69) is 15.9 Å². The number of ether oxygens (including phenoxy) is 2. The fraction of sp³-hybridized carbons (Fsp3) is 0.188. The van der Waals surface area contributed by atoms with Crippen molar-refractivity contribution in [2.45, 2.75) is 12.8 Å². The normalized spacial score (nSPS) is 16.0. The van der Waals surface area contributed by atoms with Gasteiger partial charge < -0.3 is 9.47 Å². The van der Waals surface area contributed by atoms with Crippen LogP contribution in [0.2, 0.25) is 0 Å². The van der Waals surface area contributed by atoms with Gasteiger partial charge in [-0.3, -0.25) is 0 Å². The molecule has 3 rings (SSSR count). The van der Waals surface area contributed by atoms with E-state index in [1.165, 1.54) is 6.07 Å². The monoisotopic (exact) mass is 347 g/mol. The predicted octanol–water partition coefficient (Wildman–Crippen LogP) is 4.75. The first-order valence-electron chi connectivity index (χ1n) is 6.43. The molecule has 0 radical (unpaired) electrons. The second-order valence-corrected chi connectivity index (χ2v) is 5.77. The van der Waals surface area contributed by atoms with Gasteiger partial charge in [-0.15, -0.1) is 0 Å². The van der Waals surface area contributed by atoms with Crippen molar-refractivity contribution in [3.05, 3.63) is 51.7 Å². The molecule has 0 bridgehead atoms. The number of nitrogens with zero attached hydrogens (tertiary/aromatic N) is 1. The standard InChI is InChI=1S/C16H11BrFNO2/c1-9-8-20-16-12(7-19)13(18)6-14(15(9)16)21-11-4-2-3-10(17)5-11/h2-6,9H,8H2,1H3. The van der Waals surface area contributed by atoms with Crippen molar-refractivity contribution in [1.29, 1.82) is 5.26 Å². The third-order valence-corrected chi connectivity index (χ3v) is 3.83. The smallest absolute Gasteiger partial charge is 0.148 e. The number of halogens is 2. The van der Waals surface area contributed by atoms with Crippen molar-refractivity contribution in [3.63, 3.8) is 0 Å². The van der Waals surface area contributed by atoms with Crippen molar-refractivity contribution in [1.82, 2.24) is 0 Å². The number of fused-ring (bicyclic) bond motifs is 1. The minimum Gasteiger partial charge on any atom is -0.491 e. The van der Waals surface area contributed by atoms with Gasteiger partial charge in [0.2, 0.25) is 0 Å². The van der Waals surface area contributed by atoms with E-state index in [-0.39, 0.29) is 11.5 Å². The zero-order chi connectivity index (χ0) is 15.0. The van der Waals surface area contributed by atoms with Gasteiger partial charge in [-0.2, -0.15) is 5.26 Å². The van der Waals surface area contributed by atoms with Crippen LogP contribution in [0.15, 0.2) is 34.8 Å². The number of nitriles is 1. The van der Waals surface area contributed by atoms with E-state index in [9.17, 15) is 4.39 Å². The Balaban J connectivity index is 2.10. The van der Waals surface area contributed by atoms with Gasteiger partial charge in [0.05, 0.1) is 6.61 Å². The highest BCUT2D eigenvalue weighted by Gasteiger charge is 2.30. The molecule has 0 N–H and O–H groups in total. The maximum Gasteiger partial charge on any atom is 0.148 e. The lowest BCUT2D eigenvalue weighted by Crippen LogP contribution is -1.97. The molecule has 0 saturated heterocycles. The summed E-state index contributed by atoms with van der Waals surface area (Å²) >= 11 is 3.37. The Hall–Kier alpha value is -2.06. The lowest BCUT2D eigenvalue weighted by molar-refractivity contribution is 0.335. The Morgan fingerprint density at radius 1 is 1.43 bits per heavy atom. The number of benzene rings is 2. The molecule has 3 nitrogen and oxygen atoms in total. The van der Waals surface area contributed by atoms with Gasteiger partial charge in [0.25, 0.3) is 0 Å². The summed E-state index contributed by atoms with van der Waals surface area (Å²) in [4.78, 5) is 0. The average Bonchev–Trinajstić information content (AvgIpc) is 2.81. The second-order valence-electron chi connectivity index (χ2n) is 4.86.